The summed E-state index contributed by atoms with van der Waals surface area (Å²) in [5, 5.41) is 3.66. The van der Waals surface area contributed by atoms with Gasteiger partial charge in [-0.15, -0.1) is 0 Å². The van der Waals surface area contributed by atoms with Crippen LogP contribution in [0.25, 0.3) is 0 Å². The van der Waals surface area contributed by atoms with Crippen LogP contribution in [0.5, 0.6) is 0 Å². The summed E-state index contributed by atoms with van der Waals surface area (Å²) in [5.74, 6) is -0.703. The minimum Gasteiger partial charge on any atom is -0.354 e. The number of aryl methyl sites for hydroxylation is 2. The predicted octanol–water partition coefficient (Wildman–Crippen LogP) is 6.00. The van der Waals surface area contributed by atoms with Gasteiger partial charge in [0.15, 0.2) is 0 Å². The van der Waals surface area contributed by atoms with E-state index in [1.165, 1.54) is 23.1 Å². The standard InChI is InChI=1S/C30H35Cl2N3O4S/c1-20(2)17-33-30(37)23(5)34(18-24-8-6-7-9-27(24)31)29(36)19-35(25-13-12-22(4)28(32)16-25)40(38,39)26-14-10-21(3)11-15-26/h6-16,20,23H,17-19H2,1-5H3,(H,33,37)/t23-/m1/s1. The fourth-order valence-electron chi connectivity index (χ4n) is 3.95. The summed E-state index contributed by atoms with van der Waals surface area (Å²) in [6, 6.07) is 17.3. The van der Waals surface area contributed by atoms with Crippen molar-refractivity contribution in [2.45, 2.75) is 52.1 Å². The molecule has 0 aliphatic heterocycles. The molecule has 0 heterocycles. The molecule has 40 heavy (non-hydrogen) atoms. The van der Waals surface area contributed by atoms with Gasteiger partial charge in [-0.3, -0.25) is 13.9 Å². The number of amides is 2. The molecule has 10 heteroatoms. The fourth-order valence-corrected chi connectivity index (χ4v) is 5.72. The first kappa shape index (κ1) is 31.5. The van der Waals surface area contributed by atoms with E-state index in [0.29, 0.717) is 22.2 Å². The Labute approximate surface area is 247 Å². The maximum atomic E-state index is 14.0. The van der Waals surface area contributed by atoms with Gasteiger partial charge in [-0.05, 0) is 68.1 Å². The van der Waals surface area contributed by atoms with Crippen LogP contribution >= 0.6 is 23.2 Å². The van der Waals surface area contributed by atoms with E-state index in [2.05, 4.69) is 5.32 Å². The molecule has 0 saturated carbocycles. The van der Waals surface area contributed by atoms with Gasteiger partial charge in [0, 0.05) is 23.1 Å². The fraction of sp³-hybridized carbons (Fsp3) is 0.333. The van der Waals surface area contributed by atoms with E-state index in [1.54, 1.807) is 62.4 Å². The lowest BCUT2D eigenvalue weighted by Crippen LogP contribution is -2.51. The van der Waals surface area contributed by atoms with Crippen molar-refractivity contribution >= 4 is 50.7 Å². The van der Waals surface area contributed by atoms with Crippen LogP contribution in [0.1, 0.15) is 37.5 Å². The number of sulfonamides is 1. The van der Waals surface area contributed by atoms with Gasteiger partial charge in [0.1, 0.15) is 12.6 Å². The van der Waals surface area contributed by atoms with Crippen molar-refractivity contribution in [2.75, 3.05) is 17.4 Å². The molecule has 0 unspecified atom stereocenters. The molecule has 0 bridgehead atoms. The summed E-state index contributed by atoms with van der Waals surface area (Å²) in [6.07, 6.45) is 0. The van der Waals surface area contributed by atoms with Gasteiger partial charge in [-0.2, -0.15) is 0 Å². The lowest BCUT2D eigenvalue weighted by Gasteiger charge is -2.32. The smallest absolute Gasteiger partial charge is 0.264 e. The number of nitrogens with one attached hydrogen (secondary N) is 1. The summed E-state index contributed by atoms with van der Waals surface area (Å²) >= 11 is 12.8. The van der Waals surface area contributed by atoms with Crippen LogP contribution in [0.3, 0.4) is 0 Å². The Morgan fingerprint density at radius 1 is 0.900 bits per heavy atom. The number of hydrogen-bond acceptors (Lipinski definition) is 4. The third kappa shape index (κ3) is 7.77. The summed E-state index contributed by atoms with van der Waals surface area (Å²) in [7, 11) is -4.18. The van der Waals surface area contributed by atoms with Crippen LogP contribution in [0.4, 0.5) is 5.69 Å². The van der Waals surface area contributed by atoms with Gasteiger partial charge in [-0.1, -0.05) is 79.0 Å². The minimum atomic E-state index is -4.18. The highest BCUT2D eigenvalue weighted by molar-refractivity contribution is 7.92. The molecule has 2 amide bonds. The quantitative estimate of drug-likeness (QED) is 0.291. The molecule has 3 aromatic rings. The molecule has 0 saturated heterocycles. The second-order valence-electron chi connectivity index (χ2n) is 10.2. The normalized spacial score (nSPS) is 12.2. The molecule has 1 N–H and O–H groups in total. The first-order valence-corrected chi connectivity index (χ1v) is 15.2. The summed E-state index contributed by atoms with van der Waals surface area (Å²) in [4.78, 5) is 28.4. The van der Waals surface area contributed by atoms with Crippen molar-refractivity contribution in [3.8, 4) is 0 Å². The molecule has 3 aromatic carbocycles. The lowest BCUT2D eigenvalue weighted by atomic mass is 10.1. The Morgan fingerprint density at radius 3 is 2.15 bits per heavy atom. The van der Waals surface area contributed by atoms with Gasteiger partial charge >= 0.3 is 0 Å². The Hall–Kier alpha value is -3.07. The SMILES string of the molecule is Cc1ccc(S(=O)(=O)N(CC(=O)N(Cc2ccccc2Cl)[C@H](C)C(=O)NCC(C)C)c2ccc(C)c(Cl)c2)cc1. The number of carbonyl (C=O) groups excluding carboxylic acids is 2. The topological polar surface area (TPSA) is 86.8 Å². The predicted molar refractivity (Wildman–Crippen MR) is 161 cm³/mol. The first-order valence-electron chi connectivity index (χ1n) is 13.0. The highest BCUT2D eigenvalue weighted by Gasteiger charge is 2.33. The van der Waals surface area contributed by atoms with Crippen LogP contribution in [0, 0.1) is 19.8 Å². The Balaban J connectivity index is 2.05. The largest absolute Gasteiger partial charge is 0.354 e. The minimum absolute atomic E-state index is 0.0157. The third-order valence-electron chi connectivity index (χ3n) is 6.48. The van der Waals surface area contributed by atoms with E-state index in [1.807, 2.05) is 20.8 Å². The van der Waals surface area contributed by atoms with Gasteiger partial charge in [0.2, 0.25) is 11.8 Å². The first-order chi connectivity index (χ1) is 18.8. The average molecular weight is 605 g/mol. The lowest BCUT2D eigenvalue weighted by molar-refractivity contribution is -0.139. The summed E-state index contributed by atoms with van der Waals surface area (Å²) in [5.41, 5.74) is 2.53. The average Bonchev–Trinajstić information content (AvgIpc) is 2.91. The Kier molecular flexibility index (Phi) is 10.6. The van der Waals surface area contributed by atoms with E-state index < -0.39 is 28.5 Å². The molecule has 0 spiro atoms. The van der Waals surface area contributed by atoms with Crippen LogP contribution < -0.4 is 9.62 Å². The molecular weight excluding hydrogens is 569 g/mol. The van der Waals surface area contributed by atoms with Crippen LogP contribution in [-0.2, 0) is 26.2 Å². The van der Waals surface area contributed by atoms with E-state index in [9.17, 15) is 18.0 Å². The number of anilines is 1. The maximum absolute atomic E-state index is 14.0. The van der Waals surface area contributed by atoms with Crippen molar-refractivity contribution in [1.82, 2.24) is 10.2 Å². The molecule has 3 rings (SSSR count). The number of rotatable bonds is 11. The van der Waals surface area contributed by atoms with Crippen molar-refractivity contribution < 1.29 is 18.0 Å². The number of nitrogens with zero attached hydrogens (tertiary/aromatic N) is 2. The van der Waals surface area contributed by atoms with Gasteiger partial charge in [0.05, 0.1) is 10.6 Å². The van der Waals surface area contributed by atoms with Gasteiger partial charge in [0.25, 0.3) is 10.0 Å². The van der Waals surface area contributed by atoms with Crippen molar-refractivity contribution in [1.29, 1.82) is 0 Å². The molecule has 0 aromatic heterocycles. The summed E-state index contributed by atoms with van der Waals surface area (Å²) in [6.45, 7) is 9.12. The number of hydrogen-bond donors (Lipinski definition) is 1. The van der Waals surface area contributed by atoms with Crippen molar-refractivity contribution in [2.24, 2.45) is 5.92 Å². The number of carbonyl (C=O) groups is 2. The van der Waals surface area contributed by atoms with E-state index >= 15 is 0 Å². The Bertz CT molecular complexity index is 1460. The number of benzene rings is 3. The number of halogens is 2. The monoisotopic (exact) mass is 603 g/mol. The van der Waals surface area contributed by atoms with Crippen LogP contribution in [-0.4, -0.2) is 44.3 Å². The molecule has 7 nitrogen and oxygen atoms in total. The zero-order valence-electron chi connectivity index (χ0n) is 23.3. The molecule has 0 radical (unpaired) electrons. The zero-order valence-corrected chi connectivity index (χ0v) is 25.6. The molecule has 214 valence electrons. The van der Waals surface area contributed by atoms with Gasteiger partial charge < -0.3 is 10.2 Å². The molecular formula is C30H35Cl2N3O4S. The van der Waals surface area contributed by atoms with Crippen LogP contribution in [0.15, 0.2) is 71.6 Å². The maximum Gasteiger partial charge on any atom is 0.264 e. The zero-order chi connectivity index (χ0) is 29.6. The second-order valence-corrected chi connectivity index (χ2v) is 12.9. The molecule has 0 fully saturated rings. The highest BCUT2D eigenvalue weighted by Crippen LogP contribution is 2.29. The summed E-state index contributed by atoms with van der Waals surface area (Å²) < 4.78 is 28.8. The molecule has 0 aliphatic rings. The van der Waals surface area contributed by atoms with E-state index in [0.717, 1.165) is 15.4 Å². The molecule has 1 atom stereocenters. The highest BCUT2D eigenvalue weighted by atomic mass is 35.5. The van der Waals surface area contributed by atoms with Crippen LogP contribution in [0.2, 0.25) is 10.0 Å². The van der Waals surface area contributed by atoms with Crippen molar-refractivity contribution in [3.05, 3.63) is 93.5 Å². The Morgan fingerprint density at radius 2 is 1.55 bits per heavy atom. The molecule has 0 aliphatic carbocycles. The third-order valence-corrected chi connectivity index (χ3v) is 9.05. The second kappa shape index (κ2) is 13.5. The van der Waals surface area contributed by atoms with E-state index in [4.69, 9.17) is 23.2 Å². The van der Waals surface area contributed by atoms with E-state index in [-0.39, 0.29) is 29.0 Å². The van der Waals surface area contributed by atoms with Gasteiger partial charge in [-0.25, -0.2) is 8.42 Å². The van der Waals surface area contributed by atoms with Crippen molar-refractivity contribution in [3.63, 3.8) is 0 Å².